The van der Waals surface area contributed by atoms with Crippen molar-refractivity contribution in [3.63, 3.8) is 0 Å². The molecule has 0 radical (unpaired) electrons. The maximum atomic E-state index is 12.8. The molecule has 0 spiro atoms. The summed E-state index contributed by atoms with van der Waals surface area (Å²) in [5.41, 5.74) is 3.74. The monoisotopic (exact) mass is 457 g/mol. The fraction of sp³-hybridized carbons (Fsp3) is 0.259. The Bertz CT molecular complexity index is 1140. The van der Waals surface area contributed by atoms with E-state index in [1.54, 1.807) is 36.5 Å². The van der Waals surface area contributed by atoms with Crippen molar-refractivity contribution in [3.8, 4) is 0 Å². The zero-order valence-electron chi connectivity index (χ0n) is 19.1. The van der Waals surface area contributed by atoms with Crippen molar-refractivity contribution in [3.05, 3.63) is 89.7 Å². The molecular formula is C27H27N3O4. The van der Waals surface area contributed by atoms with Gasteiger partial charge in [-0.05, 0) is 67.0 Å². The molecule has 174 valence electrons. The summed E-state index contributed by atoms with van der Waals surface area (Å²) >= 11 is 0. The molecule has 1 amide bonds. The number of rotatable bonds is 8. The number of pyridine rings is 1. The average molecular weight is 458 g/mol. The lowest BCUT2D eigenvalue weighted by molar-refractivity contribution is -0.132. The lowest BCUT2D eigenvalue weighted by atomic mass is 9.78. The second-order valence-electron chi connectivity index (χ2n) is 8.39. The first-order chi connectivity index (χ1) is 16.5. The number of carboxylic acids is 1. The summed E-state index contributed by atoms with van der Waals surface area (Å²) in [6, 6.07) is 18.7. The number of carbonyl (C=O) groups is 3. The number of carbonyl (C=O) groups excluding carboxylic acids is 2. The van der Waals surface area contributed by atoms with Gasteiger partial charge in [0.2, 0.25) is 5.91 Å². The second-order valence-corrected chi connectivity index (χ2v) is 8.39. The molecule has 1 aliphatic rings. The predicted molar refractivity (Wildman–Crippen MR) is 129 cm³/mol. The number of nitrogens with zero attached hydrogens (tertiary/aromatic N) is 3. The van der Waals surface area contributed by atoms with Crippen LogP contribution in [0, 0.1) is 0 Å². The number of hydrogen-bond acceptors (Lipinski definition) is 5. The topological polar surface area (TPSA) is 90.8 Å². The summed E-state index contributed by atoms with van der Waals surface area (Å²) in [5.74, 6) is -2.28. The summed E-state index contributed by atoms with van der Waals surface area (Å²) in [5, 5.41) is 12.8. The largest absolute Gasteiger partial charge is 0.475 e. The lowest BCUT2D eigenvalue weighted by Crippen LogP contribution is -2.44. The van der Waals surface area contributed by atoms with Gasteiger partial charge in [0, 0.05) is 25.2 Å². The highest BCUT2D eigenvalue weighted by Crippen LogP contribution is 2.37. The number of hydrazine groups is 1. The Morgan fingerprint density at radius 3 is 2.44 bits per heavy atom. The summed E-state index contributed by atoms with van der Waals surface area (Å²) < 4.78 is 0. The molecule has 1 N–H and O–H groups in total. The number of para-hydroxylation sites is 1. The van der Waals surface area contributed by atoms with E-state index in [0.717, 1.165) is 35.3 Å². The van der Waals surface area contributed by atoms with Crippen LogP contribution >= 0.6 is 0 Å². The summed E-state index contributed by atoms with van der Waals surface area (Å²) in [4.78, 5) is 40.6. The molecule has 3 aromatic rings. The minimum absolute atomic E-state index is 0.0986. The van der Waals surface area contributed by atoms with E-state index in [0.29, 0.717) is 19.4 Å². The number of Topliss-reactive ketones (excluding diaryl/α,β-unsaturated/α-hetero) is 1. The van der Waals surface area contributed by atoms with E-state index < -0.39 is 11.8 Å². The fourth-order valence-corrected chi connectivity index (χ4v) is 4.73. The van der Waals surface area contributed by atoms with Crippen LogP contribution in [-0.4, -0.2) is 39.3 Å². The van der Waals surface area contributed by atoms with Gasteiger partial charge in [-0.2, -0.15) is 0 Å². The number of amides is 1. The Labute approximate surface area is 198 Å². The van der Waals surface area contributed by atoms with E-state index in [2.05, 4.69) is 4.98 Å². The van der Waals surface area contributed by atoms with Crippen molar-refractivity contribution < 1.29 is 19.5 Å². The normalized spacial score (nSPS) is 14.7. The molecule has 1 aliphatic carbocycles. The highest BCUT2D eigenvalue weighted by Gasteiger charge is 2.28. The molecule has 0 saturated carbocycles. The number of fused-ring (bicyclic) bond motifs is 1. The quantitative estimate of drug-likeness (QED) is 0.298. The van der Waals surface area contributed by atoms with Gasteiger partial charge in [0.1, 0.15) is 0 Å². The van der Waals surface area contributed by atoms with Crippen LogP contribution in [0.15, 0.2) is 73.1 Å². The van der Waals surface area contributed by atoms with Gasteiger partial charge in [0.25, 0.3) is 5.78 Å². The number of carboxylic acid groups (broad SMARTS) is 1. The van der Waals surface area contributed by atoms with Gasteiger partial charge < -0.3 is 5.11 Å². The number of aromatic nitrogens is 1. The van der Waals surface area contributed by atoms with Crippen LogP contribution in [0.3, 0.4) is 0 Å². The van der Waals surface area contributed by atoms with Gasteiger partial charge in [0.15, 0.2) is 0 Å². The molecular weight excluding hydrogens is 430 g/mol. The second kappa shape index (κ2) is 10.3. The summed E-state index contributed by atoms with van der Waals surface area (Å²) in [6.07, 6.45) is 6.57. The molecule has 7 heteroatoms. The van der Waals surface area contributed by atoms with Crippen LogP contribution in [0.2, 0.25) is 0 Å². The molecule has 1 aromatic heterocycles. The van der Waals surface area contributed by atoms with Crippen molar-refractivity contribution in [1.29, 1.82) is 0 Å². The molecule has 0 bridgehead atoms. The average Bonchev–Trinajstić information content (AvgIpc) is 2.86. The van der Waals surface area contributed by atoms with E-state index in [1.165, 1.54) is 0 Å². The maximum absolute atomic E-state index is 12.8. The van der Waals surface area contributed by atoms with Crippen LogP contribution in [0.1, 0.15) is 53.6 Å². The van der Waals surface area contributed by atoms with E-state index in [4.69, 9.17) is 0 Å². The Morgan fingerprint density at radius 1 is 1.00 bits per heavy atom. The van der Waals surface area contributed by atoms with Gasteiger partial charge in [-0.3, -0.25) is 14.6 Å². The summed E-state index contributed by atoms with van der Waals surface area (Å²) in [6.45, 7) is 2.01. The van der Waals surface area contributed by atoms with Gasteiger partial charge in [-0.1, -0.05) is 36.4 Å². The van der Waals surface area contributed by atoms with Crippen LogP contribution in [0.25, 0.3) is 0 Å². The Balaban J connectivity index is 1.63. The predicted octanol–water partition coefficient (Wildman–Crippen LogP) is 4.76. The van der Waals surface area contributed by atoms with E-state index in [-0.39, 0.29) is 17.4 Å². The molecule has 0 aliphatic heterocycles. The van der Waals surface area contributed by atoms with Gasteiger partial charge >= 0.3 is 5.97 Å². The first-order valence-electron chi connectivity index (χ1n) is 11.4. The van der Waals surface area contributed by atoms with Crippen molar-refractivity contribution in [2.75, 3.05) is 11.6 Å². The molecule has 7 nitrogen and oxygen atoms in total. The highest BCUT2D eigenvalue weighted by molar-refractivity contribution is 6.40. The number of ketones is 1. The van der Waals surface area contributed by atoms with Crippen LogP contribution in [0.5, 0.6) is 0 Å². The number of hydrogen-bond donors (Lipinski definition) is 1. The highest BCUT2D eigenvalue weighted by atomic mass is 16.4. The molecule has 0 fully saturated rings. The third-order valence-electron chi connectivity index (χ3n) is 6.26. The smallest absolute Gasteiger partial charge is 0.377 e. The summed E-state index contributed by atoms with van der Waals surface area (Å²) in [7, 11) is 0. The van der Waals surface area contributed by atoms with E-state index in [1.807, 2.05) is 53.5 Å². The SMILES string of the molecule is CC(=O)N(CCC1CCCc2c(C(=O)C(=O)O)cccc21)N(c1ccccc1)c1cccnc1. The van der Waals surface area contributed by atoms with Crippen molar-refractivity contribution >= 4 is 29.0 Å². The Morgan fingerprint density at radius 2 is 1.76 bits per heavy atom. The first kappa shape index (κ1) is 23.2. The van der Waals surface area contributed by atoms with Crippen molar-refractivity contribution in [2.45, 2.75) is 38.5 Å². The third kappa shape index (κ3) is 4.83. The molecule has 34 heavy (non-hydrogen) atoms. The standard InChI is InChI=1S/C27H27N3O4/c1-19(31)29(30(21-9-3-2-4-10-21)22-11-7-16-28-18-22)17-15-20-8-5-13-24-23(20)12-6-14-25(24)26(32)27(33)34/h2-4,6-7,9-12,14,16,18,20H,5,8,13,15,17H2,1H3,(H,33,34). The maximum Gasteiger partial charge on any atom is 0.377 e. The molecule has 4 rings (SSSR count). The fourth-order valence-electron chi connectivity index (χ4n) is 4.73. The van der Waals surface area contributed by atoms with E-state index in [9.17, 15) is 19.5 Å². The zero-order chi connectivity index (χ0) is 24.1. The molecule has 1 unspecified atom stereocenters. The van der Waals surface area contributed by atoms with Gasteiger partial charge in [-0.15, -0.1) is 0 Å². The molecule has 2 aromatic carbocycles. The van der Waals surface area contributed by atoms with Crippen molar-refractivity contribution in [1.82, 2.24) is 9.99 Å². The third-order valence-corrected chi connectivity index (χ3v) is 6.26. The zero-order valence-corrected chi connectivity index (χ0v) is 19.1. The minimum atomic E-state index is -1.44. The lowest BCUT2D eigenvalue weighted by Gasteiger charge is -2.37. The van der Waals surface area contributed by atoms with Gasteiger partial charge in [-0.25, -0.2) is 14.8 Å². The Kier molecular flexibility index (Phi) is 7.01. The first-order valence-corrected chi connectivity index (χ1v) is 11.4. The van der Waals surface area contributed by atoms with Crippen molar-refractivity contribution in [2.24, 2.45) is 0 Å². The molecule has 0 saturated heterocycles. The minimum Gasteiger partial charge on any atom is -0.475 e. The number of benzene rings is 2. The molecule has 1 heterocycles. The van der Waals surface area contributed by atoms with Gasteiger partial charge in [0.05, 0.1) is 17.6 Å². The number of aliphatic carboxylic acids is 1. The molecule has 1 atom stereocenters. The number of anilines is 2. The van der Waals surface area contributed by atoms with Crippen LogP contribution in [0.4, 0.5) is 11.4 Å². The van der Waals surface area contributed by atoms with Crippen LogP contribution in [-0.2, 0) is 16.0 Å². The van der Waals surface area contributed by atoms with Crippen LogP contribution < -0.4 is 5.01 Å². The Hall–Kier alpha value is -4.00. The van der Waals surface area contributed by atoms with E-state index >= 15 is 0 Å².